The summed E-state index contributed by atoms with van der Waals surface area (Å²) in [5, 5.41) is 13.5. The van der Waals surface area contributed by atoms with Crippen LogP contribution in [0.2, 0.25) is 0 Å². The van der Waals surface area contributed by atoms with Gasteiger partial charge in [0, 0.05) is 19.2 Å². The lowest BCUT2D eigenvalue weighted by molar-refractivity contribution is 0.251. The lowest BCUT2D eigenvalue weighted by atomic mass is 10.2. The number of nitrogens with one attached hydrogen (secondary N) is 2. The Bertz CT molecular complexity index is 578. The molecule has 0 saturated heterocycles. The normalized spacial score (nSPS) is 10.6. The van der Waals surface area contributed by atoms with Gasteiger partial charge < -0.3 is 9.88 Å². The van der Waals surface area contributed by atoms with Crippen molar-refractivity contribution in [3.05, 3.63) is 36.0 Å². The van der Waals surface area contributed by atoms with Crippen LogP contribution in [0.5, 0.6) is 0 Å². The molecule has 0 radical (unpaired) electrons. The van der Waals surface area contributed by atoms with Crippen LogP contribution in [-0.4, -0.2) is 25.8 Å². The molecule has 0 atom stereocenters. The van der Waals surface area contributed by atoms with E-state index >= 15 is 0 Å². The molecule has 0 aromatic carbocycles. The van der Waals surface area contributed by atoms with E-state index in [0.29, 0.717) is 24.1 Å². The molecule has 0 aliphatic heterocycles. The molecule has 0 aliphatic rings. The van der Waals surface area contributed by atoms with Crippen LogP contribution in [0.25, 0.3) is 0 Å². The first-order chi connectivity index (χ1) is 9.58. The number of carbonyl (C=O) groups is 1. The van der Waals surface area contributed by atoms with Crippen LogP contribution in [-0.2, 0) is 13.6 Å². The third-order valence-electron chi connectivity index (χ3n) is 2.83. The van der Waals surface area contributed by atoms with E-state index < -0.39 is 0 Å². The van der Waals surface area contributed by atoms with Crippen LogP contribution in [0.1, 0.15) is 31.4 Å². The first kappa shape index (κ1) is 14.0. The summed E-state index contributed by atoms with van der Waals surface area (Å²) in [6.07, 6.45) is 1.62. The van der Waals surface area contributed by atoms with E-state index in [-0.39, 0.29) is 6.03 Å². The standard InChI is InChI=1S/C13H18N6O/c1-9(2)12-18-17-11(19(12)3)8-15-13(20)16-10-6-4-5-7-14-10/h4-7,9H,8H2,1-3H3,(H2,14,15,16,20). The van der Waals surface area contributed by atoms with Crippen LogP contribution >= 0.6 is 0 Å². The van der Waals surface area contributed by atoms with Crippen LogP contribution < -0.4 is 10.6 Å². The van der Waals surface area contributed by atoms with Crippen molar-refractivity contribution in [3.8, 4) is 0 Å². The van der Waals surface area contributed by atoms with Gasteiger partial charge in [-0.05, 0) is 12.1 Å². The van der Waals surface area contributed by atoms with E-state index in [2.05, 4.69) is 39.7 Å². The molecule has 2 N–H and O–H groups in total. The average molecular weight is 274 g/mol. The molecule has 2 aromatic heterocycles. The third-order valence-corrected chi connectivity index (χ3v) is 2.83. The lowest BCUT2D eigenvalue weighted by Gasteiger charge is -2.08. The van der Waals surface area contributed by atoms with Gasteiger partial charge in [0.05, 0.1) is 6.54 Å². The van der Waals surface area contributed by atoms with Gasteiger partial charge in [0.1, 0.15) is 11.6 Å². The predicted octanol–water partition coefficient (Wildman–Crippen LogP) is 1.66. The number of nitrogens with zero attached hydrogens (tertiary/aromatic N) is 4. The molecule has 20 heavy (non-hydrogen) atoms. The van der Waals surface area contributed by atoms with Crippen molar-refractivity contribution in [2.24, 2.45) is 7.05 Å². The fraction of sp³-hybridized carbons (Fsp3) is 0.385. The highest BCUT2D eigenvalue weighted by Gasteiger charge is 2.12. The van der Waals surface area contributed by atoms with Crippen molar-refractivity contribution in [2.45, 2.75) is 26.3 Å². The van der Waals surface area contributed by atoms with Crippen LogP contribution in [0.3, 0.4) is 0 Å². The number of amides is 2. The topological polar surface area (TPSA) is 84.7 Å². The predicted molar refractivity (Wildman–Crippen MR) is 75.2 cm³/mol. The summed E-state index contributed by atoms with van der Waals surface area (Å²) >= 11 is 0. The molecule has 2 heterocycles. The Morgan fingerprint density at radius 3 is 2.75 bits per heavy atom. The van der Waals surface area contributed by atoms with Gasteiger partial charge in [-0.1, -0.05) is 19.9 Å². The summed E-state index contributed by atoms with van der Waals surface area (Å²) in [5.41, 5.74) is 0. The number of aromatic nitrogens is 4. The molecule has 7 heteroatoms. The number of urea groups is 1. The second-order valence-corrected chi connectivity index (χ2v) is 4.71. The number of pyridine rings is 1. The fourth-order valence-electron chi connectivity index (χ4n) is 1.79. The van der Waals surface area contributed by atoms with Gasteiger partial charge >= 0.3 is 6.03 Å². The third kappa shape index (κ3) is 3.31. The Morgan fingerprint density at radius 2 is 2.15 bits per heavy atom. The van der Waals surface area contributed by atoms with E-state index in [9.17, 15) is 4.79 Å². The summed E-state index contributed by atoms with van der Waals surface area (Å²) in [7, 11) is 1.89. The van der Waals surface area contributed by atoms with Crippen LogP contribution in [0.4, 0.5) is 10.6 Å². The summed E-state index contributed by atoms with van der Waals surface area (Å²) < 4.78 is 1.89. The van der Waals surface area contributed by atoms with Gasteiger partial charge in [0.15, 0.2) is 5.82 Å². The fourth-order valence-corrected chi connectivity index (χ4v) is 1.79. The van der Waals surface area contributed by atoms with Gasteiger partial charge in [0.25, 0.3) is 0 Å². The molecule has 2 aromatic rings. The highest BCUT2D eigenvalue weighted by atomic mass is 16.2. The van der Waals surface area contributed by atoms with Gasteiger partial charge in [-0.3, -0.25) is 5.32 Å². The summed E-state index contributed by atoms with van der Waals surface area (Å²) in [6, 6.07) is 4.99. The molecule has 2 rings (SSSR count). The summed E-state index contributed by atoms with van der Waals surface area (Å²) in [4.78, 5) is 15.7. The summed E-state index contributed by atoms with van der Waals surface area (Å²) in [5.74, 6) is 2.41. The Labute approximate surface area is 117 Å². The molecule has 0 spiro atoms. The van der Waals surface area contributed by atoms with Gasteiger partial charge in [-0.15, -0.1) is 10.2 Å². The SMILES string of the molecule is CC(C)c1nnc(CNC(=O)Nc2ccccn2)n1C. The molecule has 0 bridgehead atoms. The Balaban J connectivity index is 1.91. The minimum absolute atomic E-state index is 0.295. The van der Waals surface area contributed by atoms with Crippen molar-refractivity contribution >= 4 is 11.8 Å². The van der Waals surface area contributed by atoms with E-state index in [1.54, 1.807) is 24.4 Å². The van der Waals surface area contributed by atoms with E-state index in [1.165, 1.54) is 0 Å². The highest BCUT2D eigenvalue weighted by Crippen LogP contribution is 2.11. The molecule has 0 fully saturated rings. The van der Waals surface area contributed by atoms with E-state index in [4.69, 9.17) is 0 Å². The zero-order valence-corrected chi connectivity index (χ0v) is 11.8. The first-order valence-corrected chi connectivity index (χ1v) is 6.42. The number of anilines is 1. The zero-order chi connectivity index (χ0) is 14.5. The molecule has 7 nitrogen and oxygen atoms in total. The zero-order valence-electron chi connectivity index (χ0n) is 11.8. The largest absolute Gasteiger partial charge is 0.331 e. The molecule has 2 amide bonds. The number of rotatable bonds is 4. The molecular weight excluding hydrogens is 256 g/mol. The van der Waals surface area contributed by atoms with Crippen LogP contribution in [0, 0.1) is 0 Å². The molecule has 106 valence electrons. The number of hydrogen-bond acceptors (Lipinski definition) is 4. The molecule has 0 unspecified atom stereocenters. The van der Waals surface area contributed by atoms with Crippen LogP contribution in [0.15, 0.2) is 24.4 Å². The maximum Gasteiger partial charge on any atom is 0.320 e. The van der Waals surface area contributed by atoms with Crippen molar-refractivity contribution in [1.29, 1.82) is 0 Å². The first-order valence-electron chi connectivity index (χ1n) is 6.42. The van der Waals surface area contributed by atoms with Crippen molar-refractivity contribution < 1.29 is 4.79 Å². The Hall–Kier alpha value is -2.44. The maximum atomic E-state index is 11.7. The second-order valence-electron chi connectivity index (χ2n) is 4.71. The monoisotopic (exact) mass is 274 g/mol. The van der Waals surface area contributed by atoms with Crippen molar-refractivity contribution in [3.63, 3.8) is 0 Å². The van der Waals surface area contributed by atoms with Gasteiger partial charge in [0.2, 0.25) is 0 Å². The van der Waals surface area contributed by atoms with E-state index in [1.807, 2.05) is 11.6 Å². The quantitative estimate of drug-likeness (QED) is 0.888. The lowest BCUT2D eigenvalue weighted by Crippen LogP contribution is -2.29. The molecule has 0 saturated carbocycles. The Morgan fingerprint density at radius 1 is 1.35 bits per heavy atom. The second kappa shape index (κ2) is 6.14. The van der Waals surface area contributed by atoms with Crippen molar-refractivity contribution in [1.82, 2.24) is 25.1 Å². The van der Waals surface area contributed by atoms with Gasteiger partial charge in [-0.25, -0.2) is 9.78 Å². The van der Waals surface area contributed by atoms with Gasteiger partial charge in [-0.2, -0.15) is 0 Å². The number of carbonyl (C=O) groups excluding carboxylic acids is 1. The van der Waals surface area contributed by atoms with E-state index in [0.717, 1.165) is 5.82 Å². The molecular formula is C13H18N6O. The Kier molecular flexibility index (Phi) is 4.29. The minimum Gasteiger partial charge on any atom is -0.331 e. The minimum atomic E-state index is -0.321. The summed E-state index contributed by atoms with van der Waals surface area (Å²) in [6.45, 7) is 4.42. The average Bonchev–Trinajstić information content (AvgIpc) is 2.79. The van der Waals surface area contributed by atoms with Crippen molar-refractivity contribution in [2.75, 3.05) is 5.32 Å². The molecule has 0 aliphatic carbocycles. The highest BCUT2D eigenvalue weighted by molar-refractivity contribution is 5.87. The number of hydrogen-bond donors (Lipinski definition) is 2. The maximum absolute atomic E-state index is 11.7. The smallest absolute Gasteiger partial charge is 0.320 e.